The molecule has 1 fully saturated rings. The van der Waals surface area contributed by atoms with E-state index < -0.39 is 6.04 Å². The fraction of sp³-hybridized carbons (Fsp3) is 0.471. The number of hydrogen-bond acceptors (Lipinski definition) is 3. The number of hydrogen-bond donors (Lipinski definition) is 2. The summed E-state index contributed by atoms with van der Waals surface area (Å²) in [5.41, 5.74) is 1.13. The second kappa shape index (κ2) is 6.40. The number of rotatable bonds is 3. The lowest BCUT2D eigenvalue weighted by atomic mass is 10.0. The fourth-order valence-electron chi connectivity index (χ4n) is 3.14. The Balaban J connectivity index is 1.70. The molecule has 122 valence electrons. The zero-order valence-corrected chi connectivity index (χ0v) is 13.5. The summed E-state index contributed by atoms with van der Waals surface area (Å²) in [6.45, 7) is 4.56. The number of fused-ring (bicyclic) bond motifs is 1. The van der Waals surface area contributed by atoms with Gasteiger partial charge in [0.25, 0.3) is 5.91 Å². The van der Waals surface area contributed by atoms with Gasteiger partial charge in [-0.2, -0.15) is 5.10 Å². The number of benzene rings is 1. The van der Waals surface area contributed by atoms with Crippen LogP contribution in [0, 0.1) is 0 Å². The average Bonchev–Trinajstić information content (AvgIpc) is 2.98. The van der Waals surface area contributed by atoms with E-state index in [1.54, 1.807) is 6.92 Å². The summed E-state index contributed by atoms with van der Waals surface area (Å²) < 4.78 is 0. The third-order valence-electron chi connectivity index (χ3n) is 4.49. The molecule has 6 heteroatoms. The van der Waals surface area contributed by atoms with Crippen molar-refractivity contribution in [2.24, 2.45) is 0 Å². The number of aromatic nitrogens is 2. The van der Waals surface area contributed by atoms with Crippen LogP contribution < -0.4 is 5.32 Å². The summed E-state index contributed by atoms with van der Waals surface area (Å²) in [5.74, 6) is -0.349. The van der Waals surface area contributed by atoms with Crippen molar-refractivity contribution in [1.29, 1.82) is 0 Å². The number of likely N-dealkylation sites (tertiary alicyclic amines) is 1. The summed E-state index contributed by atoms with van der Waals surface area (Å²) in [7, 11) is 0. The van der Waals surface area contributed by atoms with Gasteiger partial charge in [-0.25, -0.2) is 0 Å². The van der Waals surface area contributed by atoms with Crippen molar-refractivity contribution in [2.45, 2.75) is 45.2 Å². The third-order valence-corrected chi connectivity index (χ3v) is 4.49. The molecule has 2 heterocycles. The molecular formula is C17H22N4O2. The van der Waals surface area contributed by atoms with Crippen molar-refractivity contribution in [3.8, 4) is 0 Å². The van der Waals surface area contributed by atoms with E-state index in [1.165, 1.54) is 0 Å². The maximum absolute atomic E-state index is 12.6. The number of nitrogens with zero attached hydrogens (tertiary/aromatic N) is 2. The first-order chi connectivity index (χ1) is 11.1. The molecule has 0 aliphatic carbocycles. The minimum absolute atomic E-state index is 0.0228. The van der Waals surface area contributed by atoms with Gasteiger partial charge in [-0.3, -0.25) is 14.7 Å². The Morgan fingerprint density at radius 3 is 2.91 bits per heavy atom. The van der Waals surface area contributed by atoms with Crippen LogP contribution in [0.15, 0.2) is 24.3 Å². The normalized spacial score (nSPS) is 19.6. The highest BCUT2D eigenvalue weighted by Gasteiger charge is 2.28. The van der Waals surface area contributed by atoms with Gasteiger partial charge in [0.1, 0.15) is 6.04 Å². The smallest absolute Gasteiger partial charge is 0.273 e. The molecule has 1 saturated heterocycles. The van der Waals surface area contributed by atoms with Crippen LogP contribution in [-0.2, 0) is 4.79 Å². The quantitative estimate of drug-likeness (QED) is 0.910. The monoisotopic (exact) mass is 314 g/mol. The minimum atomic E-state index is -0.557. The van der Waals surface area contributed by atoms with E-state index >= 15 is 0 Å². The van der Waals surface area contributed by atoms with Gasteiger partial charge in [0.05, 0.1) is 5.52 Å². The van der Waals surface area contributed by atoms with Crippen LogP contribution in [0.1, 0.15) is 43.6 Å². The molecule has 0 saturated carbocycles. The Labute approximate surface area is 135 Å². The van der Waals surface area contributed by atoms with E-state index in [-0.39, 0.29) is 17.9 Å². The molecule has 1 aromatic heterocycles. The number of piperidine rings is 1. The number of carbonyl (C=O) groups is 2. The highest BCUT2D eigenvalue weighted by molar-refractivity contribution is 6.05. The van der Waals surface area contributed by atoms with E-state index in [0.717, 1.165) is 36.7 Å². The maximum atomic E-state index is 12.6. The van der Waals surface area contributed by atoms with Gasteiger partial charge in [0.15, 0.2) is 5.69 Å². The number of para-hydroxylation sites is 1. The molecule has 0 unspecified atom stereocenters. The summed E-state index contributed by atoms with van der Waals surface area (Å²) in [4.78, 5) is 26.9. The highest BCUT2D eigenvalue weighted by Crippen LogP contribution is 2.18. The highest BCUT2D eigenvalue weighted by atomic mass is 16.2. The average molecular weight is 314 g/mol. The van der Waals surface area contributed by atoms with Gasteiger partial charge in [-0.15, -0.1) is 0 Å². The van der Waals surface area contributed by atoms with Crippen molar-refractivity contribution < 1.29 is 9.59 Å². The summed E-state index contributed by atoms with van der Waals surface area (Å²) in [6, 6.07) is 7.13. The Hall–Kier alpha value is -2.37. The van der Waals surface area contributed by atoms with Gasteiger partial charge in [-0.1, -0.05) is 18.2 Å². The zero-order valence-electron chi connectivity index (χ0n) is 13.5. The molecule has 0 bridgehead atoms. The molecule has 2 N–H and O–H groups in total. The molecule has 0 radical (unpaired) electrons. The van der Waals surface area contributed by atoms with Crippen LogP contribution in [0.4, 0.5) is 0 Å². The van der Waals surface area contributed by atoms with E-state index in [0.29, 0.717) is 5.69 Å². The number of H-pyrrole nitrogens is 1. The second-order valence-corrected chi connectivity index (χ2v) is 6.19. The molecule has 6 nitrogen and oxygen atoms in total. The fourth-order valence-corrected chi connectivity index (χ4v) is 3.14. The summed E-state index contributed by atoms with van der Waals surface area (Å²) in [6.07, 6.45) is 3.21. The number of carbonyl (C=O) groups excluding carboxylic acids is 2. The lowest BCUT2D eigenvalue weighted by Gasteiger charge is -2.35. The first-order valence-corrected chi connectivity index (χ1v) is 8.12. The van der Waals surface area contributed by atoms with Gasteiger partial charge in [-0.05, 0) is 39.2 Å². The van der Waals surface area contributed by atoms with Crippen LogP contribution >= 0.6 is 0 Å². The molecule has 2 atom stereocenters. The Bertz CT molecular complexity index is 724. The Morgan fingerprint density at radius 2 is 2.13 bits per heavy atom. The number of aromatic amines is 1. The molecule has 1 aliphatic rings. The van der Waals surface area contributed by atoms with Crippen molar-refractivity contribution in [1.82, 2.24) is 20.4 Å². The van der Waals surface area contributed by atoms with Crippen molar-refractivity contribution in [3.63, 3.8) is 0 Å². The van der Waals surface area contributed by atoms with E-state index in [1.807, 2.05) is 29.2 Å². The molecule has 2 aromatic rings. The topological polar surface area (TPSA) is 78.1 Å². The first-order valence-electron chi connectivity index (χ1n) is 8.12. The standard InChI is InChI=1S/C17H22N4O2/c1-11-7-5-6-10-21(11)17(23)12(2)18-16(22)15-13-8-3-4-9-14(13)19-20-15/h3-4,8-9,11-12H,5-7,10H2,1-2H3,(H,18,22)(H,19,20)/t11-,12+/m1/s1. The molecule has 3 rings (SSSR count). The lowest BCUT2D eigenvalue weighted by molar-refractivity contribution is -0.136. The van der Waals surface area contributed by atoms with Crippen LogP contribution in [-0.4, -0.2) is 45.5 Å². The first kappa shape index (κ1) is 15.5. The van der Waals surface area contributed by atoms with E-state index in [4.69, 9.17) is 0 Å². The number of nitrogens with one attached hydrogen (secondary N) is 2. The minimum Gasteiger partial charge on any atom is -0.339 e. The lowest BCUT2D eigenvalue weighted by Crippen LogP contribution is -2.51. The van der Waals surface area contributed by atoms with Gasteiger partial charge in [0.2, 0.25) is 5.91 Å². The molecular weight excluding hydrogens is 292 g/mol. The maximum Gasteiger partial charge on any atom is 0.273 e. The Morgan fingerprint density at radius 1 is 1.35 bits per heavy atom. The largest absolute Gasteiger partial charge is 0.339 e. The van der Waals surface area contributed by atoms with Gasteiger partial charge in [0, 0.05) is 18.0 Å². The van der Waals surface area contributed by atoms with Crippen LogP contribution in [0.2, 0.25) is 0 Å². The predicted octanol–water partition coefficient (Wildman–Crippen LogP) is 2.08. The molecule has 1 aromatic carbocycles. The van der Waals surface area contributed by atoms with Crippen LogP contribution in [0.5, 0.6) is 0 Å². The summed E-state index contributed by atoms with van der Waals surface area (Å²) in [5, 5.41) is 10.4. The van der Waals surface area contributed by atoms with E-state index in [9.17, 15) is 9.59 Å². The van der Waals surface area contributed by atoms with Crippen molar-refractivity contribution >= 4 is 22.7 Å². The molecule has 2 amide bonds. The van der Waals surface area contributed by atoms with Gasteiger partial charge < -0.3 is 10.2 Å². The zero-order chi connectivity index (χ0) is 16.4. The van der Waals surface area contributed by atoms with Crippen molar-refractivity contribution in [3.05, 3.63) is 30.0 Å². The number of amides is 2. The Kier molecular flexibility index (Phi) is 4.32. The second-order valence-electron chi connectivity index (χ2n) is 6.19. The van der Waals surface area contributed by atoms with Gasteiger partial charge >= 0.3 is 0 Å². The molecule has 23 heavy (non-hydrogen) atoms. The summed E-state index contributed by atoms with van der Waals surface area (Å²) >= 11 is 0. The van der Waals surface area contributed by atoms with Crippen LogP contribution in [0.25, 0.3) is 10.9 Å². The molecule has 1 aliphatic heterocycles. The van der Waals surface area contributed by atoms with E-state index in [2.05, 4.69) is 22.4 Å². The van der Waals surface area contributed by atoms with Crippen LogP contribution in [0.3, 0.4) is 0 Å². The predicted molar refractivity (Wildman–Crippen MR) is 88.0 cm³/mol. The van der Waals surface area contributed by atoms with Crippen molar-refractivity contribution in [2.75, 3.05) is 6.54 Å². The third kappa shape index (κ3) is 3.06. The molecule has 0 spiro atoms. The SMILES string of the molecule is C[C@H](NC(=O)c1n[nH]c2ccccc12)C(=O)N1CCCC[C@H]1C.